The predicted molar refractivity (Wildman–Crippen MR) is 112 cm³/mol. The van der Waals surface area contributed by atoms with E-state index in [1.165, 1.54) is 37.9 Å². The molecule has 0 spiro atoms. The summed E-state index contributed by atoms with van der Waals surface area (Å²) in [6.45, 7) is 3.02. The number of nitrogens with zero attached hydrogens (tertiary/aromatic N) is 3. The van der Waals surface area contributed by atoms with Crippen molar-refractivity contribution in [3.05, 3.63) is 52.5 Å². The van der Waals surface area contributed by atoms with Gasteiger partial charge in [0, 0.05) is 24.0 Å². The molecule has 2 aliphatic rings. The molecular formula is C21H18F4N4O2S. The lowest BCUT2D eigenvalue weighted by Crippen LogP contribution is -2.44. The minimum absolute atomic E-state index is 0.00223. The number of allylic oxidation sites excluding steroid dienone is 4. The summed E-state index contributed by atoms with van der Waals surface area (Å²) >= 11 is 5.42. The largest absolute Gasteiger partial charge is 0.417 e. The second-order valence-electron chi connectivity index (χ2n) is 7.70. The van der Waals surface area contributed by atoms with Crippen LogP contribution in [-0.4, -0.2) is 40.6 Å². The molecular weight excluding hydrogens is 448 g/mol. The number of hydrogen-bond donors (Lipinski definition) is 1. The van der Waals surface area contributed by atoms with Crippen molar-refractivity contribution in [1.29, 1.82) is 5.26 Å². The maximum absolute atomic E-state index is 14.5. The second-order valence-corrected chi connectivity index (χ2v) is 8.06. The quantitative estimate of drug-likeness (QED) is 0.539. The van der Waals surface area contributed by atoms with Gasteiger partial charge in [0.05, 0.1) is 17.2 Å². The van der Waals surface area contributed by atoms with E-state index in [-0.39, 0.29) is 34.9 Å². The topological polar surface area (TPSA) is 76.4 Å². The number of alkyl halides is 3. The van der Waals surface area contributed by atoms with Gasteiger partial charge in [-0.25, -0.2) is 4.39 Å². The van der Waals surface area contributed by atoms with Crippen LogP contribution in [0, 0.1) is 17.1 Å². The van der Waals surface area contributed by atoms with Gasteiger partial charge in [0.2, 0.25) is 0 Å². The van der Waals surface area contributed by atoms with E-state index in [1.54, 1.807) is 6.07 Å². The number of nitriles is 1. The number of hydrogen-bond acceptors (Lipinski definition) is 4. The van der Waals surface area contributed by atoms with Crippen LogP contribution in [-0.2, 0) is 4.79 Å². The summed E-state index contributed by atoms with van der Waals surface area (Å²) in [5.41, 5.74) is -2.90. The van der Waals surface area contributed by atoms with Gasteiger partial charge in [-0.05, 0) is 63.2 Å². The molecule has 168 valence electrons. The van der Waals surface area contributed by atoms with E-state index in [4.69, 9.17) is 17.5 Å². The molecule has 0 bridgehead atoms. The number of anilines is 1. The third kappa shape index (κ3) is 3.75. The monoisotopic (exact) mass is 466 g/mol. The first-order chi connectivity index (χ1) is 14.8. The standard InChI is InChI=1S/C21H18F4N4O2S/c1-20(2)18(31)28(12-5-4-11(10-26)15(8-12)21(23,24)25)19(32)29(20)13-6-7-14(16(22)9-13)17(30)27-3/h6-9H,4-5H2,1-3H3,(H,27,30). The van der Waals surface area contributed by atoms with Gasteiger partial charge in [-0.15, -0.1) is 0 Å². The van der Waals surface area contributed by atoms with Crippen LogP contribution in [0.25, 0.3) is 0 Å². The molecule has 6 nitrogen and oxygen atoms in total. The lowest BCUT2D eigenvalue weighted by molar-refractivity contribution is -0.128. The molecule has 1 aliphatic carbocycles. The summed E-state index contributed by atoms with van der Waals surface area (Å²) in [5, 5.41) is 11.2. The number of amides is 2. The fourth-order valence-electron chi connectivity index (χ4n) is 3.70. The Morgan fingerprint density at radius 1 is 1.28 bits per heavy atom. The second kappa shape index (κ2) is 8.02. The Kier molecular flexibility index (Phi) is 5.86. The first-order valence-corrected chi connectivity index (χ1v) is 9.86. The summed E-state index contributed by atoms with van der Waals surface area (Å²) in [5.74, 6) is -2.07. The van der Waals surface area contributed by atoms with Crippen LogP contribution >= 0.6 is 12.2 Å². The molecule has 1 saturated heterocycles. The molecule has 1 fully saturated rings. The molecule has 32 heavy (non-hydrogen) atoms. The smallest absolute Gasteiger partial charge is 0.355 e. The fraction of sp³-hybridized carbons (Fsp3) is 0.333. The number of rotatable bonds is 3. The van der Waals surface area contributed by atoms with Gasteiger partial charge >= 0.3 is 6.18 Å². The van der Waals surface area contributed by atoms with E-state index in [0.29, 0.717) is 0 Å². The highest BCUT2D eigenvalue weighted by atomic mass is 32.1. The average molecular weight is 466 g/mol. The minimum atomic E-state index is -4.77. The third-order valence-corrected chi connectivity index (χ3v) is 5.71. The Balaban J connectivity index is 2.06. The fourth-order valence-corrected chi connectivity index (χ4v) is 4.24. The van der Waals surface area contributed by atoms with Gasteiger partial charge in [-0.3, -0.25) is 14.5 Å². The maximum Gasteiger partial charge on any atom is 0.417 e. The Labute approximate surface area is 186 Å². The number of halogens is 4. The van der Waals surface area contributed by atoms with Gasteiger partial charge in [-0.1, -0.05) is 0 Å². The molecule has 0 aromatic heterocycles. The summed E-state index contributed by atoms with van der Waals surface area (Å²) in [6, 6.07) is 5.25. The van der Waals surface area contributed by atoms with Crippen molar-refractivity contribution in [3.8, 4) is 6.07 Å². The minimum Gasteiger partial charge on any atom is -0.355 e. The highest BCUT2D eigenvalue weighted by molar-refractivity contribution is 7.80. The van der Waals surface area contributed by atoms with E-state index >= 15 is 0 Å². The van der Waals surface area contributed by atoms with Gasteiger partial charge in [0.1, 0.15) is 11.4 Å². The Bertz CT molecular complexity index is 1130. The van der Waals surface area contributed by atoms with Crippen LogP contribution in [0.3, 0.4) is 0 Å². The molecule has 3 rings (SSSR count). The average Bonchev–Trinajstić information content (AvgIpc) is 2.90. The zero-order valence-electron chi connectivity index (χ0n) is 17.3. The van der Waals surface area contributed by atoms with Crippen LogP contribution in [0.5, 0.6) is 0 Å². The van der Waals surface area contributed by atoms with E-state index < -0.39 is 40.5 Å². The maximum atomic E-state index is 14.5. The van der Waals surface area contributed by atoms with Crippen molar-refractivity contribution in [1.82, 2.24) is 10.2 Å². The molecule has 2 amide bonds. The lowest BCUT2D eigenvalue weighted by atomic mass is 9.94. The summed E-state index contributed by atoms with van der Waals surface area (Å²) in [4.78, 5) is 27.3. The van der Waals surface area contributed by atoms with Crippen molar-refractivity contribution in [2.75, 3.05) is 11.9 Å². The summed E-state index contributed by atoms with van der Waals surface area (Å²) in [6.07, 6.45) is -4.20. The van der Waals surface area contributed by atoms with Crippen LogP contribution in [0.1, 0.15) is 37.0 Å². The number of thiocarbonyl (C=S) groups is 1. The normalized spacial score (nSPS) is 18.6. The highest BCUT2D eigenvalue weighted by Crippen LogP contribution is 2.41. The van der Waals surface area contributed by atoms with Crippen molar-refractivity contribution < 1.29 is 27.2 Å². The number of benzene rings is 1. The SMILES string of the molecule is CNC(=O)c1ccc(N2C(=S)N(C3=CC(C(F)(F)F)=C(C#N)CC3)C(=O)C2(C)C)cc1F. The Morgan fingerprint density at radius 2 is 1.94 bits per heavy atom. The molecule has 1 aromatic rings. The highest BCUT2D eigenvalue weighted by Gasteiger charge is 2.51. The van der Waals surface area contributed by atoms with Crippen LogP contribution in [0.2, 0.25) is 0 Å². The number of nitrogens with one attached hydrogen (secondary N) is 1. The van der Waals surface area contributed by atoms with E-state index in [1.807, 2.05) is 0 Å². The van der Waals surface area contributed by atoms with Gasteiger partial charge < -0.3 is 10.2 Å². The molecule has 1 aromatic carbocycles. The van der Waals surface area contributed by atoms with Crippen LogP contribution in [0.4, 0.5) is 23.2 Å². The number of carbonyl (C=O) groups is 2. The molecule has 1 aliphatic heterocycles. The van der Waals surface area contributed by atoms with Crippen LogP contribution in [0.15, 0.2) is 41.1 Å². The summed E-state index contributed by atoms with van der Waals surface area (Å²) < 4.78 is 54.8. The zero-order chi connectivity index (χ0) is 24.0. The molecule has 11 heteroatoms. The van der Waals surface area contributed by atoms with E-state index in [0.717, 1.165) is 17.0 Å². The van der Waals surface area contributed by atoms with Gasteiger partial charge in [0.25, 0.3) is 11.8 Å². The number of carbonyl (C=O) groups excluding carboxylic acids is 2. The van der Waals surface area contributed by atoms with Gasteiger partial charge in [0.15, 0.2) is 5.11 Å². The molecule has 0 radical (unpaired) electrons. The Morgan fingerprint density at radius 3 is 2.47 bits per heavy atom. The molecule has 0 unspecified atom stereocenters. The van der Waals surface area contributed by atoms with Crippen molar-refractivity contribution in [2.24, 2.45) is 0 Å². The van der Waals surface area contributed by atoms with Crippen molar-refractivity contribution in [2.45, 2.75) is 38.4 Å². The summed E-state index contributed by atoms with van der Waals surface area (Å²) in [7, 11) is 1.35. The third-order valence-electron chi connectivity index (χ3n) is 5.35. The van der Waals surface area contributed by atoms with Crippen LogP contribution < -0.4 is 10.2 Å². The first kappa shape index (κ1) is 23.4. The van der Waals surface area contributed by atoms with Crippen molar-refractivity contribution in [3.63, 3.8) is 0 Å². The van der Waals surface area contributed by atoms with E-state index in [9.17, 15) is 27.2 Å². The Hall–Kier alpha value is -3.26. The molecule has 1 heterocycles. The first-order valence-electron chi connectivity index (χ1n) is 9.46. The molecule has 1 N–H and O–H groups in total. The lowest BCUT2D eigenvalue weighted by Gasteiger charge is -2.29. The van der Waals surface area contributed by atoms with Crippen molar-refractivity contribution >= 4 is 34.8 Å². The molecule has 0 saturated carbocycles. The molecule has 0 atom stereocenters. The predicted octanol–water partition coefficient (Wildman–Crippen LogP) is 3.96. The van der Waals surface area contributed by atoms with Gasteiger partial charge in [-0.2, -0.15) is 18.4 Å². The zero-order valence-corrected chi connectivity index (χ0v) is 18.1. The van der Waals surface area contributed by atoms with E-state index in [2.05, 4.69) is 5.32 Å².